The number of phenolic OH excluding ortho intramolecular Hbond substituents is 2. The quantitative estimate of drug-likeness (QED) is 0.263. The van der Waals surface area contributed by atoms with Crippen molar-refractivity contribution in [1.82, 2.24) is 10.6 Å². The van der Waals surface area contributed by atoms with Crippen LogP contribution in [-0.4, -0.2) is 50.7 Å². The molecule has 3 rings (SSSR count). The van der Waals surface area contributed by atoms with Gasteiger partial charge >= 0.3 is 15.2 Å². The summed E-state index contributed by atoms with van der Waals surface area (Å²) < 4.78 is 48.4. The van der Waals surface area contributed by atoms with Gasteiger partial charge in [0.1, 0.15) is 23.1 Å². The van der Waals surface area contributed by atoms with Gasteiger partial charge in [-0.05, 0) is 25.0 Å². The smallest absolute Gasteiger partial charge is 0.351 e. The predicted octanol–water partition coefficient (Wildman–Crippen LogP) is 5.26. The first-order chi connectivity index (χ1) is 17.2. The molecule has 0 amide bonds. The van der Waals surface area contributed by atoms with Crippen LogP contribution in [0.2, 0.25) is 0 Å². The van der Waals surface area contributed by atoms with Gasteiger partial charge in [0.25, 0.3) is 0 Å². The second kappa shape index (κ2) is 12.7. The lowest BCUT2D eigenvalue weighted by molar-refractivity contribution is 0.218. The molecule has 2 aromatic carbocycles. The molecule has 36 heavy (non-hydrogen) atoms. The molecule has 0 spiro atoms. The van der Waals surface area contributed by atoms with Crippen LogP contribution in [0.3, 0.4) is 0 Å². The average Bonchev–Trinajstić information content (AvgIpc) is 2.91. The molecule has 0 bridgehead atoms. The molecule has 0 aliphatic heterocycles. The molecular weight excluding hydrogens is 506 g/mol. The van der Waals surface area contributed by atoms with Crippen molar-refractivity contribution in [2.24, 2.45) is 0 Å². The number of nitrogens with one attached hydrogen (secondary N) is 2. The van der Waals surface area contributed by atoms with Crippen LogP contribution in [0.4, 0.5) is 0 Å². The number of phenols is 2. The van der Waals surface area contributed by atoms with Crippen molar-refractivity contribution in [2.45, 2.75) is 49.3 Å². The van der Waals surface area contributed by atoms with Crippen LogP contribution in [0.1, 0.15) is 48.4 Å². The summed E-state index contributed by atoms with van der Waals surface area (Å²) in [7, 11) is -2.23. The minimum absolute atomic E-state index is 0.0417. The highest BCUT2D eigenvalue weighted by Crippen LogP contribution is 2.61. The first-order valence-corrected chi connectivity index (χ1v) is 15.0. The zero-order valence-electron chi connectivity index (χ0n) is 21.0. The van der Waals surface area contributed by atoms with Crippen molar-refractivity contribution in [1.29, 1.82) is 0 Å². The molecule has 1 aliphatic carbocycles. The normalized spacial score (nSPS) is 20.7. The molecule has 2 aromatic rings. The SMILES string of the molecule is COP(=O)(OC)[C@@H](N[C@@H]1CCCC[C@H]1N[C@@H](c1ccccc1O)P(=O)(OC)OC)c1ccccc1O. The van der Waals surface area contributed by atoms with Gasteiger partial charge in [-0.2, -0.15) is 0 Å². The summed E-state index contributed by atoms with van der Waals surface area (Å²) in [5, 5.41) is 27.9. The van der Waals surface area contributed by atoms with E-state index in [0.717, 1.165) is 12.8 Å². The summed E-state index contributed by atoms with van der Waals surface area (Å²) >= 11 is 0. The minimum Gasteiger partial charge on any atom is -0.508 e. The van der Waals surface area contributed by atoms with Crippen molar-refractivity contribution in [3.63, 3.8) is 0 Å². The third kappa shape index (κ3) is 6.21. The summed E-state index contributed by atoms with van der Waals surface area (Å²) in [6.45, 7) is 0. The molecule has 0 saturated heterocycles. The first kappa shape index (κ1) is 28.8. The fourth-order valence-electron chi connectivity index (χ4n) is 4.65. The lowest BCUT2D eigenvalue weighted by Crippen LogP contribution is -2.51. The van der Waals surface area contributed by atoms with Gasteiger partial charge in [-0.25, -0.2) is 0 Å². The van der Waals surface area contributed by atoms with E-state index in [1.54, 1.807) is 36.4 Å². The maximum absolute atomic E-state index is 13.6. The second-order valence-corrected chi connectivity index (χ2v) is 13.2. The molecule has 10 nitrogen and oxygen atoms in total. The third-order valence-electron chi connectivity index (χ3n) is 6.62. The van der Waals surface area contributed by atoms with Crippen molar-refractivity contribution in [3.05, 3.63) is 59.7 Å². The highest BCUT2D eigenvalue weighted by atomic mass is 31.2. The Labute approximate surface area is 212 Å². The van der Waals surface area contributed by atoms with Gasteiger partial charge < -0.3 is 28.3 Å². The fraction of sp³-hybridized carbons (Fsp3) is 0.500. The van der Waals surface area contributed by atoms with Crippen LogP contribution in [0.25, 0.3) is 0 Å². The Morgan fingerprint density at radius 3 is 1.33 bits per heavy atom. The van der Waals surface area contributed by atoms with Crippen LogP contribution < -0.4 is 10.6 Å². The molecule has 1 fully saturated rings. The van der Waals surface area contributed by atoms with Gasteiger partial charge in [-0.15, -0.1) is 0 Å². The molecule has 0 unspecified atom stereocenters. The fourth-order valence-corrected chi connectivity index (χ4v) is 7.65. The number of para-hydroxylation sites is 2. The van der Waals surface area contributed by atoms with E-state index in [0.29, 0.717) is 24.0 Å². The molecule has 4 N–H and O–H groups in total. The predicted molar refractivity (Wildman–Crippen MR) is 137 cm³/mol. The van der Waals surface area contributed by atoms with E-state index in [4.69, 9.17) is 18.1 Å². The number of benzene rings is 2. The van der Waals surface area contributed by atoms with Crippen LogP contribution >= 0.6 is 15.2 Å². The van der Waals surface area contributed by atoms with E-state index in [1.165, 1.54) is 40.6 Å². The first-order valence-electron chi connectivity index (χ1n) is 11.7. The Kier molecular flexibility index (Phi) is 10.1. The zero-order chi connectivity index (χ0) is 26.3. The van der Waals surface area contributed by atoms with E-state index < -0.39 is 26.8 Å². The largest absolute Gasteiger partial charge is 0.508 e. The van der Waals surface area contributed by atoms with Gasteiger partial charge in [0, 0.05) is 51.6 Å². The summed E-state index contributed by atoms with van der Waals surface area (Å²) in [4.78, 5) is 0. The van der Waals surface area contributed by atoms with Crippen molar-refractivity contribution in [3.8, 4) is 11.5 Å². The summed E-state index contributed by atoms with van der Waals surface area (Å²) in [5.41, 5.74) is 0.760. The number of aromatic hydroxyl groups is 2. The Hall–Kier alpha value is -1.74. The molecule has 1 aliphatic rings. The molecule has 200 valence electrons. The molecule has 0 aromatic heterocycles. The van der Waals surface area contributed by atoms with Crippen LogP contribution in [0, 0.1) is 0 Å². The van der Waals surface area contributed by atoms with E-state index >= 15 is 0 Å². The molecule has 1 saturated carbocycles. The van der Waals surface area contributed by atoms with E-state index in [2.05, 4.69) is 10.6 Å². The zero-order valence-corrected chi connectivity index (χ0v) is 22.8. The van der Waals surface area contributed by atoms with Gasteiger partial charge in [-0.3, -0.25) is 19.8 Å². The third-order valence-corrected chi connectivity index (χ3v) is 10.8. The molecular formula is C24H36N2O8P2. The number of rotatable bonds is 12. The van der Waals surface area contributed by atoms with Gasteiger partial charge in [0.05, 0.1) is 0 Å². The Morgan fingerprint density at radius 2 is 1.03 bits per heavy atom. The van der Waals surface area contributed by atoms with E-state index in [1.807, 2.05) is 0 Å². The van der Waals surface area contributed by atoms with E-state index in [-0.39, 0.29) is 23.6 Å². The van der Waals surface area contributed by atoms with Gasteiger partial charge in [0.15, 0.2) is 0 Å². The van der Waals surface area contributed by atoms with Crippen LogP contribution in [-0.2, 0) is 27.2 Å². The van der Waals surface area contributed by atoms with Gasteiger partial charge in [-0.1, -0.05) is 49.2 Å². The van der Waals surface area contributed by atoms with Crippen LogP contribution in [0.15, 0.2) is 48.5 Å². The lowest BCUT2D eigenvalue weighted by atomic mass is 9.89. The lowest BCUT2D eigenvalue weighted by Gasteiger charge is -2.39. The van der Waals surface area contributed by atoms with Crippen molar-refractivity contribution < 1.29 is 37.4 Å². The Balaban J connectivity index is 1.99. The summed E-state index contributed by atoms with van der Waals surface area (Å²) in [5.74, 6) is -2.00. The van der Waals surface area contributed by atoms with Crippen LogP contribution in [0.5, 0.6) is 11.5 Å². The van der Waals surface area contributed by atoms with Crippen molar-refractivity contribution in [2.75, 3.05) is 28.4 Å². The summed E-state index contributed by atoms with van der Waals surface area (Å²) in [6, 6.07) is 12.6. The second-order valence-electron chi connectivity index (χ2n) is 8.56. The minimum atomic E-state index is -3.72. The Morgan fingerprint density at radius 1 is 0.694 bits per heavy atom. The summed E-state index contributed by atoms with van der Waals surface area (Å²) in [6.07, 6.45) is 3.21. The van der Waals surface area contributed by atoms with E-state index in [9.17, 15) is 19.3 Å². The molecule has 4 atom stereocenters. The highest BCUT2D eigenvalue weighted by Gasteiger charge is 2.43. The monoisotopic (exact) mass is 542 g/mol. The highest BCUT2D eigenvalue weighted by molar-refractivity contribution is 7.54. The average molecular weight is 543 g/mol. The number of hydrogen-bond acceptors (Lipinski definition) is 10. The molecule has 0 radical (unpaired) electrons. The number of hydrogen-bond donors (Lipinski definition) is 4. The topological polar surface area (TPSA) is 136 Å². The Bertz CT molecular complexity index is 1000. The van der Waals surface area contributed by atoms with Crippen molar-refractivity contribution >= 4 is 15.2 Å². The molecule has 0 heterocycles. The maximum atomic E-state index is 13.6. The maximum Gasteiger partial charge on any atom is 0.351 e. The molecule has 12 heteroatoms. The standard InChI is InChI=1S/C24H36N2O8P2/c1-31-35(29,32-2)23(17-11-5-9-15-21(17)27)25-19-13-7-8-14-20(19)26-24(36(30,33-3)34-4)18-12-6-10-16-22(18)28/h5-6,9-12,15-16,19-20,23-28H,7-8,13-14H2,1-4H3/t19-,20-,23-,24-/m1/s1. The van der Waals surface area contributed by atoms with Gasteiger partial charge in [0.2, 0.25) is 0 Å².